The standard InChI is InChI=1S/2C18H8F7NO2/c2*19-8-3-7(6-26)4-9(5-8)28-11-2-1-10-13-12(11)14(20)15(21)16(13,27)18(24,25)17(10,22)23/h2*1-5,14-15,27H/t14-,15+,16+;14-,15-,16+/m11/s1. The molecule has 0 bridgehead atoms. The van der Waals surface area contributed by atoms with E-state index in [0.717, 1.165) is 36.4 Å². The molecule has 0 saturated heterocycles. The average Bonchev–Trinajstić information content (AvgIpc) is 3.57. The lowest BCUT2D eigenvalue weighted by Gasteiger charge is -2.32. The van der Waals surface area contributed by atoms with Crippen LogP contribution in [-0.4, -0.2) is 34.4 Å². The smallest absolute Gasteiger partial charge is 0.349 e. The summed E-state index contributed by atoms with van der Waals surface area (Å²) in [5.74, 6) is -24.4. The van der Waals surface area contributed by atoms with Crippen LogP contribution in [-0.2, 0) is 23.0 Å². The van der Waals surface area contributed by atoms with E-state index in [4.69, 9.17) is 20.0 Å². The molecule has 4 aliphatic carbocycles. The molecule has 0 fully saturated rings. The summed E-state index contributed by atoms with van der Waals surface area (Å²) in [5, 5.41) is 37.9. The molecule has 0 radical (unpaired) electrons. The van der Waals surface area contributed by atoms with Gasteiger partial charge in [-0.25, -0.2) is 26.3 Å². The number of alkyl halides is 12. The molecule has 0 unspecified atom stereocenters. The molecular formula is C36H16F14N2O4. The van der Waals surface area contributed by atoms with Crippen molar-refractivity contribution in [2.45, 2.75) is 59.6 Å². The zero-order valence-corrected chi connectivity index (χ0v) is 27.0. The van der Waals surface area contributed by atoms with Gasteiger partial charge in [0.2, 0.25) is 0 Å². The number of hydrogen-bond donors (Lipinski definition) is 2. The van der Waals surface area contributed by atoms with Gasteiger partial charge in [-0.05, 0) is 48.5 Å². The van der Waals surface area contributed by atoms with Gasteiger partial charge in [0.1, 0.15) is 34.6 Å². The summed E-state index contributed by atoms with van der Waals surface area (Å²) in [6.07, 6.45) is -12.5. The maximum Gasteiger partial charge on any atom is 0.349 e. The number of nitrogens with zero attached hydrogens (tertiary/aromatic N) is 2. The Labute approximate surface area is 303 Å². The van der Waals surface area contributed by atoms with Crippen LogP contribution in [0.25, 0.3) is 0 Å². The topological polar surface area (TPSA) is 106 Å². The number of rotatable bonds is 4. The van der Waals surface area contributed by atoms with Crippen LogP contribution in [0, 0.1) is 34.3 Å². The molecule has 0 aromatic heterocycles. The Morgan fingerprint density at radius 1 is 0.536 bits per heavy atom. The van der Waals surface area contributed by atoms with Crippen LogP contribution in [0.4, 0.5) is 61.5 Å². The third kappa shape index (κ3) is 4.68. The Kier molecular flexibility index (Phi) is 8.25. The van der Waals surface area contributed by atoms with Gasteiger partial charge in [-0.1, -0.05) is 0 Å². The highest BCUT2D eigenvalue weighted by atomic mass is 19.3. The molecule has 6 atom stereocenters. The first-order valence-corrected chi connectivity index (χ1v) is 15.6. The van der Waals surface area contributed by atoms with E-state index in [1.807, 2.05) is 0 Å². The van der Waals surface area contributed by atoms with E-state index >= 15 is 0 Å². The second-order valence-electron chi connectivity index (χ2n) is 13.0. The molecule has 2 N–H and O–H groups in total. The quantitative estimate of drug-likeness (QED) is 0.199. The summed E-state index contributed by atoms with van der Waals surface area (Å²) >= 11 is 0. The summed E-state index contributed by atoms with van der Waals surface area (Å²) in [5.41, 5.74) is -16.0. The zero-order chi connectivity index (χ0) is 41.3. The fourth-order valence-corrected chi connectivity index (χ4v) is 7.37. The van der Waals surface area contributed by atoms with E-state index in [1.165, 1.54) is 0 Å². The SMILES string of the molecule is N#Cc1cc(F)cc(Oc2ccc3c4c2[C@@H](F)[C@@H](F)[C@]4(O)C(F)(F)C3(F)F)c1.N#Cc1cc(F)cc(Oc2ccc3c4c2[C@@H](F)[C@H](F)[C@]4(O)C(F)(F)C3(F)F)c1. The molecule has 4 aromatic rings. The van der Waals surface area contributed by atoms with Crippen molar-refractivity contribution in [3.8, 4) is 35.1 Å². The van der Waals surface area contributed by atoms with Crippen LogP contribution in [0.1, 0.15) is 56.9 Å². The van der Waals surface area contributed by atoms with Crippen molar-refractivity contribution in [1.29, 1.82) is 10.5 Å². The lowest BCUT2D eigenvalue weighted by atomic mass is 9.93. The minimum Gasteiger partial charge on any atom is -0.457 e. The number of halogens is 14. The minimum atomic E-state index is -5.30. The highest BCUT2D eigenvalue weighted by molar-refractivity contribution is 5.63. The van der Waals surface area contributed by atoms with Crippen LogP contribution in [0.5, 0.6) is 23.0 Å². The van der Waals surface area contributed by atoms with E-state index in [9.17, 15) is 71.7 Å². The average molecular weight is 807 g/mol. The number of nitriles is 2. The number of ether oxygens (including phenoxy) is 2. The first-order chi connectivity index (χ1) is 25.9. The molecule has 8 rings (SSSR count). The molecule has 56 heavy (non-hydrogen) atoms. The van der Waals surface area contributed by atoms with Crippen molar-refractivity contribution < 1.29 is 81.2 Å². The largest absolute Gasteiger partial charge is 0.457 e. The van der Waals surface area contributed by atoms with Crippen LogP contribution >= 0.6 is 0 Å². The monoisotopic (exact) mass is 806 g/mol. The van der Waals surface area contributed by atoms with Gasteiger partial charge >= 0.3 is 23.7 Å². The molecule has 6 nitrogen and oxygen atoms in total. The van der Waals surface area contributed by atoms with Gasteiger partial charge < -0.3 is 19.7 Å². The molecule has 4 aliphatic rings. The van der Waals surface area contributed by atoms with Gasteiger partial charge in [-0.2, -0.15) is 45.6 Å². The summed E-state index contributed by atoms with van der Waals surface area (Å²) in [6, 6.07) is 10.9. The van der Waals surface area contributed by atoms with Gasteiger partial charge in [0.05, 0.1) is 23.3 Å². The van der Waals surface area contributed by atoms with Crippen molar-refractivity contribution in [3.63, 3.8) is 0 Å². The highest BCUT2D eigenvalue weighted by Gasteiger charge is 2.84. The number of aliphatic hydroxyl groups is 2. The van der Waals surface area contributed by atoms with E-state index in [1.54, 1.807) is 12.1 Å². The van der Waals surface area contributed by atoms with E-state index in [-0.39, 0.29) is 22.6 Å². The van der Waals surface area contributed by atoms with Crippen LogP contribution in [0.3, 0.4) is 0 Å². The Bertz CT molecular complexity index is 2260. The van der Waals surface area contributed by atoms with Crippen molar-refractivity contribution in [1.82, 2.24) is 0 Å². The van der Waals surface area contributed by atoms with Gasteiger partial charge in [-0.3, -0.25) is 0 Å². The maximum absolute atomic E-state index is 14.5. The number of hydrogen-bond acceptors (Lipinski definition) is 6. The minimum absolute atomic E-state index is 0.192. The molecular weight excluding hydrogens is 790 g/mol. The van der Waals surface area contributed by atoms with Crippen molar-refractivity contribution in [3.05, 3.63) is 117 Å². The normalized spacial score (nSPS) is 28.7. The molecule has 0 heterocycles. The summed E-state index contributed by atoms with van der Waals surface area (Å²) in [4.78, 5) is 0. The van der Waals surface area contributed by atoms with Gasteiger partial charge in [0.15, 0.2) is 35.9 Å². The molecule has 0 spiro atoms. The summed E-state index contributed by atoms with van der Waals surface area (Å²) < 4.78 is 208. The second-order valence-corrected chi connectivity index (χ2v) is 13.0. The predicted molar refractivity (Wildman–Crippen MR) is 158 cm³/mol. The first kappa shape index (κ1) is 38.7. The Morgan fingerprint density at radius 3 is 1.20 bits per heavy atom. The molecule has 20 heteroatoms. The third-order valence-corrected chi connectivity index (χ3v) is 9.92. The number of benzene rings is 4. The molecule has 0 aliphatic heterocycles. The maximum atomic E-state index is 14.5. The Hall–Kier alpha value is -5.60. The van der Waals surface area contributed by atoms with Gasteiger partial charge in [-0.15, -0.1) is 0 Å². The van der Waals surface area contributed by atoms with Crippen molar-refractivity contribution >= 4 is 0 Å². The highest BCUT2D eigenvalue weighted by Crippen LogP contribution is 2.71. The molecule has 0 saturated carbocycles. The Morgan fingerprint density at radius 2 is 0.875 bits per heavy atom. The van der Waals surface area contributed by atoms with Crippen LogP contribution in [0.2, 0.25) is 0 Å². The van der Waals surface area contributed by atoms with Gasteiger partial charge in [0, 0.05) is 45.5 Å². The summed E-state index contributed by atoms with van der Waals surface area (Å²) in [7, 11) is 0. The third-order valence-electron chi connectivity index (χ3n) is 9.92. The van der Waals surface area contributed by atoms with Crippen LogP contribution in [0.15, 0.2) is 60.7 Å². The van der Waals surface area contributed by atoms with E-state index < -0.39 is 116 Å². The summed E-state index contributed by atoms with van der Waals surface area (Å²) in [6.45, 7) is 0. The fraction of sp³-hybridized carbons (Fsp3) is 0.278. The van der Waals surface area contributed by atoms with Crippen LogP contribution < -0.4 is 9.47 Å². The predicted octanol–water partition coefficient (Wildman–Crippen LogP) is 9.56. The van der Waals surface area contributed by atoms with Crippen molar-refractivity contribution in [2.75, 3.05) is 0 Å². The van der Waals surface area contributed by atoms with Crippen molar-refractivity contribution in [2.24, 2.45) is 0 Å². The zero-order valence-electron chi connectivity index (χ0n) is 27.0. The fourth-order valence-electron chi connectivity index (χ4n) is 7.37. The lowest BCUT2D eigenvalue weighted by Crippen LogP contribution is -2.53. The Balaban J connectivity index is 0.000000172. The van der Waals surface area contributed by atoms with E-state index in [0.29, 0.717) is 24.3 Å². The first-order valence-electron chi connectivity index (χ1n) is 15.6. The second kappa shape index (κ2) is 12.0. The molecule has 292 valence electrons. The van der Waals surface area contributed by atoms with E-state index in [2.05, 4.69) is 0 Å². The molecule has 4 aromatic carbocycles. The van der Waals surface area contributed by atoms with Gasteiger partial charge in [0.25, 0.3) is 0 Å². The lowest BCUT2D eigenvalue weighted by molar-refractivity contribution is -0.302. The molecule has 0 amide bonds.